The van der Waals surface area contributed by atoms with E-state index in [1.165, 1.54) is 21.7 Å². The second-order valence-corrected chi connectivity index (χ2v) is 7.23. The van der Waals surface area contributed by atoms with Gasteiger partial charge in [-0.05, 0) is 25.0 Å². The van der Waals surface area contributed by atoms with E-state index in [0.29, 0.717) is 6.61 Å². The summed E-state index contributed by atoms with van der Waals surface area (Å²) in [5.41, 5.74) is -1.27. The first-order valence-electron chi connectivity index (χ1n) is 9.15. The van der Waals surface area contributed by atoms with E-state index in [9.17, 15) is 28.3 Å². The number of aromatic nitrogens is 1. The van der Waals surface area contributed by atoms with Crippen molar-refractivity contribution in [1.82, 2.24) is 9.47 Å². The molecule has 1 amide bonds. The minimum absolute atomic E-state index is 0. The molecule has 0 unspecified atom stereocenters. The summed E-state index contributed by atoms with van der Waals surface area (Å²) in [4.78, 5) is 39.3. The van der Waals surface area contributed by atoms with Crippen LogP contribution in [0.2, 0.25) is 0 Å². The number of carbonyl (C=O) groups excluding carboxylic acids is 2. The Kier molecular flexibility index (Phi) is 6.47. The van der Waals surface area contributed by atoms with Crippen molar-refractivity contribution in [2.24, 2.45) is 0 Å². The first-order chi connectivity index (χ1) is 13.8. The summed E-state index contributed by atoms with van der Waals surface area (Å²) in [7, 11) is 0. The third-order valence-corrected chi connectivity index (χ3v) is 5.30. The van der Waals surface area contributed by atoms with Gasteiger partial charge in [-0.25, -0.2) is 8.78 Å². The zero-order chi connectivity index (χ0) is 20.9. The summed E-state index contributed by atoms with van der Waals surface area (Å²) in [5.74, 6) is -3.43. The molecule has 0 radical (unpaired) electrons. The molecule has 10 heteroatoms. The van der Waals surface area contributed by atoms with Gasteiger partial charge >= 0.3 is 29.6 Å². The molecule has 0 bridgehead atoms. The number of fused-ring (bicyclic) bond motifs is 2. The molecular formula is C20H18F2N2NaO5+. The SMILES string of the molecule is C[C@@H]1CO[C@H]2Cn3cc(C(=O)CCc4ccc(F)cc4F)c(=O)c(O)c3C(=O)N12.[Na+]. The number of pyridine rings is 1. The van der Waals surface area contributed by atoms with Crippen LogP contribution in [0.25, 0.3) is 0 Å². The van der Waals surface area contributed by atoms with Gasteiger partial charge in [0.25, 0.3) is 5.91 Å². The van der Waals surface area contributed by atoms with E-state index in [1.807, 2.05) is 0 Å². The molecule has 3 heterocycles. The average Bonchev–Trinajstić information content (AvgIpc) is 3.04. The summed E-state index contributed by atoms with van der Waals surface area (Å²) >= 11 is 0. The first kappa shape index (κ1) is 22.6. The molecule has 30 heavy (non-hydrogen) atoms. The Hall–Kier alpha value is -2.07. The Morgan fingerprint density at radius 3 is 2.73 bits per heavy atom. The summed E-state index contributed by atoms with van der Waals surface area (Å²) in [6.45, 7) is 2.31. The van der Waals surface area contributed by atoms with E-state index in [-0.39, 0.29) is 71.8 Å². The van der Waals surface area contributed by atoms with Crippen LogP contribution in [0.15, 0.2) is 29.2 Å². The molecule has 2 atom stereocenters. The van der Waals surface area contributed by atoms with Gasteiger partial charge in [-0.15, -0.1) is 0 Å². The van der Waals surface area contributed by atoms with Crippen molar-refractivity contribution < 1.29 is 57.8 Å². The molecule has 1 aromatic heterocycles. The van der Waals surface area contributed by atoms with Crippen LogP contribution in [0, 0.1) is 11.6 Å². The van der Waals surface area contributed by atoms with Gasteiger partial charge < -0.3 is 19.3 Å². The Labute approximate surface area is 192 Å². The Morgan fingerprint density at radius 2 is 2.03 bits per heavy atom. The van der Waals surface area contributed by atoms with Crippen LogP contribution in [0.3, 0.4) is 0 Å². The third kappa shape index (κ3) is 3.82. The van der Waals surface area contributed by atoms with Crippen molar-refractivity contribution in [2.45, 2.75) is 38.6 Å². The van der Waals surface area contributed by atoms with Crippen LogP contribution in [-0.4, -0.2) is 45.1 Å². The summed E-state index contributed by atoms with van der Waals surface area (Å²) in [6, 6.07) is 2.85. The van der Waals surface area contributed by atoms with E-state index in [0.717, 1.165) is 12.1 Å². The summed E-state index contributed by atoms with van der Waals surface area (Å²) in [6.07, 6.45) is 0.446. The molecule has 2 aliphatic heterocycles. The van der Waals surface area contributed by atoms with Crippen LogP contribution in [0.4, 0.5) is 8.78 Å². The third-order valence-electron chi connectivity index (χ3n) is 5.30. The molecular weight excluding hydrogens is 409 g/mol. The molecule has 2 aromatic rings. The zero-order valence-corrected chi connectivity index (χ0v) is 18.5. The van der Waals surface area contributed by atoms with Crippen molar-refractivity contribution in [3.8, 4) is 5.75 Å². The number of rotatable bonds is 4. The molecule has 1 saturated heterocycles. The van der Waals surface area contributed by atoms with E-state index in [1.54, 1.807) is 6.92 Å². The van der Waals surface area contributed by atoms with E-state index in [2.05, 4.69) is 0 Å². The van der Waals surface area contributed by atoms with Crippen molar-refractivity contribution in [3.63, 3.8) is 0 Å². The van der Waals surface area contributed by atoms with Gasteiger partial charge in [0, 0.05) is 18.7 Å². The number of carbonyl (C=O) groups is 2. The average molecular weight is 427 g/mol. The molecule has 7 nitrogen and oxygen atoms in total. The summed E-state index contributed by atoms with van der Waals surface area (Å²) < 4.78 is 33.7. The van der Waals surface area contributed by atoms with Crippen LogP contribution in [0.5, 0.6) is 5.75 Å². The predicted octanol–water partition coefficient (Wildman–Crippen LogP) is -1.15. The van der Waals surface area contributed by atoms with Crippen LogP contribution in [0.1, 0.15) is 39.8 Å². The van der Waals surface area contributed by atoms with Crippen LogP contribution < -0.4 is 35.0 Å². The maximum Gasteiger partial charge on any atom is 1.00 e. The number of hydrogen-bond donors (Lipinski definition) is 1. The maximum atomic E-state index is 13.8. The number of hydrogen-bond acceptors (Lipinski definition) is 5. The number of aryl methyl sites for hydroxylation is 1. The molecule has 0 aliphatic carbocycles. The van der Waals surface area contributed by atoms with Gasteiger partial charge in [-0.1, -0.05) is 6.07 Å². The van der Waals surface area contributed by atoms with Crippen molar-refractivity contribution >= 4 is 11.7 Å². The molecule has 0 saturated carbocycles. The number of amides is 1. The Bertz CT molecular complexity index is 1090. The number of Topliss-reactive ketones (excluding diaryl/α,β-unsaturated/α-hetero) is 1. The molecule has 0 spiro atoms. The van der Waals surface area contributed by atoms with E-state index < -0.39 is 40.7 Å². The van der Waals surface area contributed by atoms with E-state index in [4.69, 9.17) is 4.74 Å². The second-order valence-electron chi connectivity index (χ2n) is 7.23. The first-order valence-corrected chi connectivity index (χ1v) is 9.15. The van der Waals surface area contributed by atoms with Crippen molar-refractivity contribution in [3.05, 3.63) is 63.1 Å². The molecule has 1 aromatic carbocycles. The number of benzene rings is 1. The number of nitrogens with zero attached hydrogens (tertiary/aromatic N) is 2. The molecule has 2 aliphatic rings. The minimum Gasteiger partial charge on any atom is -0.503 e. The fourth-order valence-corrected chi connectivity index (χ4v) is 3.78. The van der Waals surface area contributed by atoms with Gasteiger partial charge in [-0.2, -0.15) is 0 Å². The monoisotopic (exact) mass is 427 g/mol. The second kappa shape index (κ2) is 8.58. The van der Waals surface area contributed by atoms with Crippen LogP contribution >= 0.6 is 0 Å². The number of ether oxygens (including phenoxy) is 1. The topological polar surface area (TPSA) is 88.8 Å². The molecule has 4 rings (SSSR count). The summed E-state index contributed by atoms with van der Waals surface area (Å²) in [5, 5.41) is 10.3. The molecule has 1 fully saturated rings. The number of ketones is 1. The molecule has 1 N–H and O–H groups in total. The smallest absolute Gasteiger partial charge is 0.503 e. The van der Waals surface area contributed by atoms with Gasteiger partial charge in [0.1, 0.15) is 11.6 Å². The fourth-order valence-electron chi connectivity index (χ4n) is 3.78. The predicted molar refractivity (Wildman–Crippen MR) is 96.7 cm³/mol. The maximum absolute atomic E-state index is 13.8. The van der Waals surface area contributed by atoms with Gasteiger partial charge in [-0.3, -0.25) is 14.4 Å². The Morgan fingerprint density at radius 1 is 1.30 bits per heavy atom. The fraction of sp³-hybridized carbons (Fsp3) is 0.350. The van der Waals surface area contributed by atoms with E-state index >= 15 is 0 Å². The number of halogens is 2. The van der Waals surface area contributed by atoms with Gasteiger partial charge in [0.15, 0.2) is 23.5 Å². The quantitative estimate of drug-likeness (QED) is 0.492. The zero-order valence-electron chi connectivity index (χ0n) is 16.5. The standard InChI is InChI=1S/C20H18F2N2O5.Na/c1-10-9-29-16-8-23-7-13(18(26)19(27)17(23)20(28)24(10)16)15(25)5-3-11-2-4-12(21)6-14(11)22;/h2,4,6-7,10,16,27H,3,5,8-9H2,1H3;/q;+1/t10-,16+;/m1./s1. The van der Waals surface area contributed by atoms with Crippen molar-refractivity contribution in [1.29, 1.82) is 0 Å². The Balaban J connectivity index is 0.00000256. The van der Waals surface area contributed by atoms with Crippen LogP contribution in [-0.2, 0) is 17.7 Å². The van der Waals surface area contributed by atoms with Crippen molar-refractivity contribution in [2.75, 3.05) is 6.61 Å². The normalized spacial score (nSPS) is 19.8. The number of aromatic hydroxyl groups is 1. The minimum atomic E-state index is -0.944. The van der Waals surface area contributed by atoms with Gasteiger partial charge in [0.05, 0.1) is 24.8 Å². The molecule has 152 valence electrons. The largest absolute Gasteiger partial charge is 1.00 e. The van der Waals surface area contributed by atoms with Gasteiger partial charge in [0.2, 0.25) is 5.43 Å².